The zero-order chi connectivity index (χ0) is 15.7. The molecule has 20 heavy (non-hydrogen) atoms. The van der Waals surface area contributed by atoms with Crippen LogP contribution in [0.4, 0.5) is 13.2 Å². The van der Waals surface area contributed by atoms with Crippen LogP contribution in [0.15, 0.2) is 24.3 Å². The van der Waals surface area contributed by atoms with Crippen molar-refractivity contribution in [1.82, 2.24) is 0 Å². The first-order chi connectivity index (χ1) is 8.98. The fourth-order valence-electron chi connectivity index (χ4n) is 1.83. The highest BCUT2D eigenvalue weighted by Gasteiger charge is 2.33. The minimum absolute atomic E-state index is 0.0445. The average Bonchev–Trinajstić information content (AvgIpc) is 2.35. The van der Waals surface area contributed by atoms with E-state index in [4.69, 9.17) is 0 Å². The monoisotopic (exact) mass is 308 g/mol. The van der Waals surface area contributed by atoms with Crippen molar-refractivity contribution < 1.29 is 21.6 Å². The Kier molecular flexibility index (Phi) is 4.90. The molecule has 0 N–H and O–H groups in total. The number of halogens is 3. The standard InChI is InChI=1S/C14H19F3O2S/c1-9(2)10(3)20(18,19)11(4)12-5-7-13(8-6-12)14(15,16)17/h5-11H,1-4H3. The largest absolute Gasteiger partial charge is 0.416 e. The lowest BCUT2D eigenvalue weighted by Gasteiger charge is -2.22. The maximum Gasteiger partial charge on any atom is 0.416 e. The SMILES string of the molecule is CC(C)C(C)S(=O)(=O)C(C)c1ccc(C(F)(F)F)cc1. The highest BCUT2D eigenvalue weighted by Crippen LogP contribution is 2.32. The predicted octanol–water partition coefficient (Wildman–Crippen LogP) is 4.23. The fourth-order valence-corrected chi connectivity index (χ4v) is 3.77. The molecule has 0 bridgehead atoms. The van der Waals surface area contributed by atoms with Gasteiger partial charge in [-0.1, -0.05) is 26.0 Å². The molecule has 0 heterocycles. The van der Waals surface area contributed by atoms with E-state index in [-0.39, 0.29) is 5.92 Å². The van der Waals surface area contributed by atoms with E-state index >= 15 is 0 Å². The van der Waals surface area contributed by atoms with Crippen molar-refractivity contribution in [3.63, 3.8) is 0 Å². The van der Waals surface area contributed by atoms with Crippen LogP contribution in [0.3, 0.4) is 0 Å². The van der Waals surface area contributed by atoms with Crippen LogP contribution < -0.4 is 0 Å². The molecule has 2 nitrogen and oxygen atoms in total. The molecule has 1 rings (SSSR count). The molecular weight excluding hydrogens is 289 g/mol. The Hall–Kier alpha value is -1.04. The maximum absolute atomic E-state index is 12.5. The average molecular weight is 308 g/mol. The van der Waals surface area contributed by atoms with Gasteiger partial charge in [-0.25, -0.2) is 8.42 Å². The molecule has 0 fully saturated rings. The highest BCUT2D eigenvalue weighted by molar-refractivity contribution is 7.92. The second-order valence-corrected chi connectivity index (χ2v) is 7.93. The van der Waals surface area contributed by atoms with Gasteiger partial charge in [-0.15, -0.1) is 0 Å². The van der Waals surface area contributed by atoms with Crippen LogP contribution >= 0.6 is 0 Å². The molecule has 0 radical (unpaired) electrons. The smallest absolute Gasteiger partial charge is 0.228 e. The molecule has 0 aliphatic carbocycles. The van der Waals surface area contributed by atoms with Gasteiger partial charge in [-0.2, -0.15) is 13.2 Å². The van der Waals surface area contributed by atoms with Gasteiger partial charge in [0.2, 0.25) is 0 Å². The van der Waals surface area contributed by atoms with Gasteiger partial charge in [0.15, 0.2) is 9.84 Å². The van der Waals surface area contributed by atoms with Crippen LogP contribution in [0.2, 0.25) is 0 Å². The van der Waals surface area contributed by atoms with Gasteiger partial charge in [-0.05, 0) is 37.5 Å². The second kappa shape index (κ2) is 5.76. The molecule has 114 valence electrons. The third-order valence-corrected chi connectivity index (χ3v) is 6.50. The van der Waals surface area contributed by atoms with Gasteiger partial charge in [-0.3, -0.25) is 0 Å². The summed E-state index contributed by atoms with van der Waals surface area (Å²) in [6, 6.07) is 4.30. The van der Waals surface area contributed by atoms with E-state index in [0.717, 1.165) is 12.1 Å². The summed E-state index contributed by atoms with van der Waals surface area (Å²) in [7, 11) is -3.42. The summed E-state index contributed by atoms with van der Waals surface area (Å²) in [5.74, 6) is -0.0445. The molecular formula is C14H19F3O2S. The minimum Gasteiger partial charge on any atom is -0.228 e. The number of hydrogen-bond donors (Lipinski definition) is 0. The Balaban J connectivity index is 3.07. The maximum atomic E-state index is 12.5. The molecule has 0 aliphatic rings. The second-order valence-electron chi connectivity index (χ2n) is 5.30. The highest BCUT2D eigenvalue weighted by atomic mass is 32.2. The Morgan fingerprint density at radius 1 is 0.950 bits per heavy atom. The summed E-state index contributed by atoms with van der Waals surface area (Å²) in [6.07, 6.45) is -4.41. The van der Waals surface area contributed by atoms with Crippen molar-refractivity contribution in [2.45, 2.75) is 44.4 Å². The fraction of sp³-hybridized carbons (Fsp3) is 0.571. The molecule has 6 heteroatoms. The van der Waals surface area contributed by atoms with E-state index in [2.05, 4.69) is 0 Å². The van der Waals surface area contributed by atoms with Crippen molar-refractivity contribution >= 4 is 9.84 Å². The number of hydrogen-bond acceptors (Lipinski definition) is 2. The minimum atomic E-state index is -4.41. The zero-order valence-corrected chi connectivity index (χ0v) is 12.7. The van der Waals surface area contributed by atoms with Gasteiger partial charge in [0.1, 0.15) is 0 Å². The van der Waals surface area contributed by atoms with Gasteiger partial charge < -0.3 is 0 Å². The third kappa shape index (κ3) is 3.53. The van der Waals surface area contributed by atoms with E-state index < -0.39 is 32.1 Å². The third-order valence-electron chi connectivity index (χ3n) is 3.66. The number of sulfone groups is 1. The first-order valence-electron chi connectivity index (χ1n) is 6.37. The van der Waals surface area contributed by atoms with Gasteiger partial charge in [0, 0.05) is 0 Å². The van der Waals surface area contributed by atoms with E-state index in [9.17, 15) is 21.6 Å². The van der Waals surface area contributed by atoms with Crippen LogP contribution in [-0.2, 0) is 16.0 Å². The number of benzene rings is 1. The topological polar surface area (TPSA) is 34.1 Å². The first kappa shape index (κ1) is 17.0. The van der Waals surface area contributed by atoms with E-state index in [1.54, 1.807) is 6.92 Å². The molecule has 2 atom stereocenters. The van der Waals surface area contributed by atoms with Crippen molar-refractivity contribution in [1.29, 1.82) is 0 Å². The Morgan fingerprint density at radius 3 is 1.75 bits per heavy atom. The zero-order valence-electron chi connectivity index (χ0n) is 11.9. The summed E-state index contributed by atoms with van der Waals surface area (Å²) in [4.78, 5) is 0. The normalized spacial score (nSPS) is 16.2. The molecule has 0 aromatic heterocycles. The van der Waals surface area contributed by atoms with E-state index in [0.29, 0.717) is 5.56 Å². The first-order valence-corrected chi connectivity index (χ1v) is 7.98. The Bertz CT molecular complexity index is 545. The van der Waals surface area contributed by atoms with E-state index in [1.807, 2.05) is 13.8 Å². The van der Waals surface area contributed by atoms with Gasteiger partial charge >= 0.3 is 6.18 Å². The predicted molar refractivity (Wildman–Crippen MR) is 73.1 cm³/mol. The van der Waals surface area contributed by atoms with Crippen molar-refractivity contribution in [2.24, 2.45) is 5.92 Å². The van der Waals surface area contributed by atoms with Crippen LogP contribution in [0, 0.1) is 5.92 Å². The van der Waals surface area contributed by atoms with Crippen molar-refractivity contribution in [3.8, 4) is 0 Å². The lowest BCUT2D eigenvalue weighted by molar-refractivity contribution is -0.137. The Labute approximate surface area is 117 Å². The van der Waals surface area contributed by atoms with Gasteiger partial charge in [0.25, 0.3) is 0 Å². The lowest BCUT2D eigenvalue weighted by Crippen LogP contribution is -2.27. The molecule has 1 aromatic rings. The van der Waals surface area contributed by atoms with Crippen LogP contribution in [0.1, 0.15) is 44.1 Å². The number of rotatable bonds is 4. The molecule has 0 aliphatic heterocycles. The van der Waals surface area contributed by atoms with E-state index in [1.165, 1.54) is 19.1 Å². The molecule has 0 saturated heterocycles. The molecule has 1 aromatic carbocycles. The Morgan fingerprint density at radius 2 is 1.40 bits per heavy atom. The molecule has 0 spiro atoms. The molecule has 2 unspecified atom stereocenters. The van der Waals surface area contributed by atoms with Crippen LogP contribution in [0.5, 0.6) is 0 Å². The molecule has 0 amide bonds. The summed E-state index contributed by atoms with van der Waals surface area (Å²) in [5, 5.41) is -1.36. The summed E-state index contributed by atoms with van der Waals surface area (Å²) in [5.41, 5.74) is -0.395. The summed E-state index contributed by atoms with van der Waals surface area (Å²) < 4.78 is 62.1. The van der Waals surface area contributed by atoms with Crippen LogP contribution in [0.25, 0.3) is 0 Å². The van der Waals surface area contributed by atoms with Gasteiger partial charge in [0.05, 0.1) is 16.1 Å². The summed E-state index contributed by atoms with van der Waals surface area (Å²) >= 11 is 0. The number of alkyl halides is 3. The lowest BCUT2D eigenvalue weighted by atomic mass is 10.1. The van der Waals surface area contributed by atoms with Crippen molar-refractivity contribution in [3.05, 3.63) is 35.4 Å². The summed E-state index contributed by atoms with van der Waals surface area (Å²) in [6.45, 7) is 6.75. The van der Waals surface area contributed by atoms with Crippen molar-refractivity contribution in [2.75, 3.05) is 0 Å². The quantitative estimate of drug-likeness (QED) is 0.834. The van der Waals surface area contributed by atoms with Crippen LogP contribution in [-0.4, -0.2) is 13.7 Å². The molecule has 0 saturated carbocycles.